The van der Waals surface area contributed by atoms with Crippen molar-refractivity contribution in [3.8, 4) is 0 Å². The molecule has 1 radical (unpaired) electrons. The molecule has 3 aromatic carbocycles. The molecule has 3 aromatic rings. The zero-order valence-electron chi connectivity index (χ0n) is 21.3. The van der Waals surface area contributed by atoms with Crippen LogP contribution >= 0.6 is 21.6 Å². The molecule has 0 heterocycles. The average molecular weight is 628 g/mol. The van der Waals surface area contributed by atoms with E-state index in [0.29, 0.717) is 17.7 Å². The van der Waals surface area contributed by atoms with Gasteiger partial charge in [0.2, 0.25) is 12.0 Å². The molecule has 2 amide bonds. The maximum Gasteiger partial charge on any atom is 0.229 e. The summed E-state index contributed by atoms with van der Waals surface area (Å²) in [5.41, 5.74) is 9.18. The fraction of sp³-hybridized carbons (Fsp3) is 0.250. The van der Waals surface area contributed by atoms with Gasteiger partial charge >= 0.3 is 0 Å². The first-order valence-electron chi connectivity index (χ1n) is 11.5. The Bertz CT molecular complexity index is 1120. The number of carbonyl (C=O) groups excluding carboxylic acids is 3. The Hall–Kier alpha value is -2.17. The van der Waals surface area contributed by atoms with Gasteiger partial charge in [0, 0.05) is 62.5 Å². The molecular weight excluding hydrogens is 597 g/mol. The van der Waals surface area contributed by atoms with Gasteiger partial charge in [-0.05, 0) is 18.6 Å². The van der Waals surface area contributed by atoms with Gasteiger partial charge in [0.25, 0.3) is 0 Å². The molecule has 1 atom stereocenters. The zero-order valence-corrected chi connectivity index (χ0v) is 25.8. The summed E-state index contributed by atoms with van der Waals surface area (Å²) in [6.45, 7) is 2.87. The second kappa shape index (κ2) is 19.8. The van der Waals surface area contributed by atoms with Gasteiger partial charge < -0.3 is 20.5 Å². The van der Waals surface area contributed by atoms with Gasteiger partial charge in [-0.2, -0.15) is 18.2 Å². The van der Waals surface area contributed by atoms with Crippen LogP contribution in [0.4, 0.5) is 10.5 Å². The summed E-state index contributed by atoms with van der Waals surface area (Å²) in [7, 11) is 4.94. The second-order valence-corrected chi connectivity index (χ2v) is 10.3. The van der Waals surface area contributed by atoms with E-state index < -0.39 is 6.09 Å². The number of methoxy groups -OCH3 is 1. The van der Waals surface area contributed by atoms with Crippen LogP contribution in [0.15, 0.2) is 78.9 Å². The van der Waals surface area contributed by atoms with Crippen LogP contribution < -0.4 is 5.32 Å². The first-order chi connectivity index (χ1) is 17.9. The molecule has 0 saturated carbocycles. The van der Waals surface area contributed by atoms with E-state index in [-0.39, 0.29) is 50.3 Å². The maximum absolute atomic E-state index is 12.6. The molecule has 10 heteroatoms. The van der Waals surface area contributed by atoms with Crippen LogP contribution in [-0.2, 0) is 47.0 Å². The number of rotatable bonds is 12. The van der Waals surface area contributed by atoms with Crippen molar-refractivity contribution in [2.75, 3.05) is 37.1 Å². The third-order valence-corrected chi connectivity index (χ3v) is 7.25. The van der Waals surface area contributed by atoms with Gasteiger partial charge in [-0.3, -0.25) is 14.4 Å². The Labute approximate surface area is 257 Å². The van der Waals surface area contributed by atoms with Crippen LogP contribution in [0.5, 0.6) is 0 Å². The fourth-order valence-electron chi connectivity index (χ4n) is 2.98. The average Bonchev–Trinajstić information content (AvgIpc) is 2.93. The van der Waals surface area contributed by atoms with Gasteiger partial charge in [-0.25, -0.2) is 0 Å². The third kappa shape index (κ3) is 13.1. The molecule has 0 aliphatic carbocycles. The largest absolute Gasteiger partial charge is 0.632 e. The minimum absolute atomic E-state index is 0. The third-order valence-electron chi connectivity index (χ3n) is 4.92. The molecule has 2 N–H and O–H groups in total. The standard InChI is InChI=1S/C22H18NO2.C6H13NO3S2.Y/c1-16(22(25)23-20-13-6-3-7-14-20)18-11-8-12-19(15-18)21(24)17-9-4-2-5-10-17;1-9-2-4-11-12-5-3-10-6(7)8;/h2,4-16H,1H3,(H,23,25);2-5H2,1H3,(H2,7,8);/q-1;;/p-1. The smallest absolute Gasteiger partial charge is 0.229 e. The van der Waals surface area contributed by atoms with Gasteiger partial charge in [-0.15, -0.1) is 12.1 Å². The Balaban J connectivity index is 0.000000475. The van der Waals surface area contributed by atoms with E-state index in [1.807, 2.05) is 37.3 Å². The quantitative estimate of drug-likeness (QED) is 0.104. The second-order valence-electron chi connectivity index (χ2n) is 7.59. The van der Waals surface area contributed by atoms with E-state index in [1.54, 1.807) is 77.2 Å². The Morgan fingerprint density at radius 2 is 1.55 bits per heavy atom. The predicted octanol–water partition coefficient (Wildman–Crippen LogP) is 6.66. The zero-order chi connectivity index (χ0) is 26.9. The SMILES string of the molecule is CC(C(=O)Nc1cc[c-]cc1)c1cccc(C(=O)c2ccccc2)c1.COCCSSCCOC([NH-])=O.[Y]. The molecule has 1 unspecified atom stereocenters. The molecular formula is C28H30N2O5S2Y-2. The van der Waals surface area contributed by atoms with Gasteiger partial charge in [0.1, 0.15) is 0 Å². The van der Waals surface area contributed by atoms with Gasteiger partial charge in [0.15, 0.2) is 5.78 Å². The topological polar surface area (TPSA) is 106 Å². The fourth-order valence-corrected chi connectivity index (χ4v) is 4.72. The number of anilines is 1. The predicted molar refractivity (Wildman–Crippen MR) is 151 cm³/mol. The van der Waals surface area contributed by atoms with Gasteiger partial charge in [-0.1, -0.05) is 75.8 Å². The summed E-state index contributed by atoms with van der Waals surface area (Å²) in [5.74, 6) is 1.12. The molecule has 0 aliphatic rings. The maximum atomic E-state index is 12.6. The molecule has 0 saturated heterocycles. The number of hydrogen-bond donors (Lipinski definition) is 1. The molecule has 0 aliphatic heterocycles. The van der Waals surface area contributed by atoms with E-state index >= 15 is 0 Å². The summed E-state index contributed by atoms with van der Waals surface area (Å²) in [6, 6.07) is 26.4. The summed E-state index contributed by atoms with van der Waals surface area (Å²) in [4.78, 5) is 35.0. The number of benzene rings is 3. The van der Waals surface area contributed by atoms with E-state index in [0.717, 1.165) is 29.4 Å². The van der Waals surface area contributed by atoms with E-state index in [2.05, 4.69) is 16.1 Å². The van der Waals surface area contributed by atoms with E-state index in [9.17, 15) is 14.4 Å². The number of ether oxygens (including phenoxy) is 2. The van der Waals surface area contributed by atoms with Gasteiger partial charge in [0.05, 0.1) is 19.1 Å². The van der Waals surface area contributed by atoms with Crippen LogP contribution in [0.1, 0.15) is 34.3 Å². The molecule has 199 valence electrons. The van der Waals surface area contributed by atoms with Crippen molar-refractivity contribution >= 4 is 45.1 Å². The van der Waals surface area contributed by atoms with Crippen molar-refractivity contribution in [3.05, 3.63) is 107 Å². The summed E-state index contributed by atoms with van der Waals surface area (Å²) >= 11 is 0. The minimum atomic E-state index is -0.961. The molecule has 3 rings (SSSR count). The van der Waals surface area contributed by atoms with Crippen molar-refractivity contribution in [2.45, 2.75) is 12.8 Å². The number of amides is 2. The van der Waals surface area contributed by atoms with Crippen molar-refractivity contribution in [2.24, 2.45) is 0 Å². The van der Waals surface area contributed by atoms with Crippen LogP contribution in [0.25, 0.3) is 5.73 Å². The molecule has 7 nitrogen and oxygen atoms in total. The normalized spacial score (nSPS) is 10.7. The van der Waals surface area contributed by atoms with Crippen molar-refractivity contribution in [1.29, 1.82) is 0 Å². The number of carbonyl (C=O) groups is 3. The number of nitrogens with one attached hydrogen (secondary N) is 2. The van der Waals surface area contributed by atoms with Crippen LogP contribution in [0.2, 0.25) is 0 Å². The summed E-state index contributed by atoms with van der Waals surface area (Å²) < 4.78 is 9.25. The Morgan fingerprint density at radius 3 is 2.18 bits per heavy atom. The summed E-state index contributed by atoms with van der Waals surface area (Å²) in [6.07, 6.45) is -0.961. The van der Waals surface area contributed by atoms with Crippen molar-refractivity contribution in [1.82, 2.24) is 0 Å². The minimum Gasteiger partial charge on any atom is -0.632 e. The molecule has 38 heavy (non-hydrogen) atoms. The Morgan fingerprint density at radius 1 is 0.921 bits per heavy atom. The Kier molecular flexibility index (Phi) is 17.7. The first kappa shape index (κ1) is 33.9. The van der Waals surface area contributed by atoms with Crippen LogP contribution in [-0.4, -0.2) is 49.6 Å². The molecule has 0 bridgehead atoms. The summed E-state index contributed by atoms with van der Waals surface area (Å²) in [5, 5.41) is 2.88. The van der Waals surface area contributed by atoms with Crippen molar-refractivity contribution < 1.29 is 56.6 Å². The first-order valence-corrected chi connectivity index (χ1v) is 14.0. The number of ketones is 1. The van der Waals surface area contributed by atoms with Crippen LogP contribution in [0, 0.1) is 6.07 Å². The van der Waals surface area contributed by atoms with E-state index in [4.69, 9.17) is 10.5 Å². The molecule has 0 aromatic heterocycles. The van der Waals surface area contributed by atoms with Crippen molar-refractivity contribution in [3.63, 3.8) is 0 Å². The van der Waals surface area contributed by atoms with E-state index in [1.165, 1.54) is 0 Å². The molecule has 0 fully saturated rings. The molecule has 0 spiro atoms. The van der Waals surface area contributed by atoms with Crippen LogP contribution in [0.3, 0.4) is 0 Å². The number of hydrogen-bond acceptors (Lipinski definition) is 7. The monoisotopic (exact) mass is 627 g/mol.